The minimum atomic E-state index is 0.411. The minimum absolute atomic E-state index is 0.411. The third-order valence-corrected chi connectivity index (χ3v) is 3.57. The first-order valence-corrected chi connectivity index (χ1v) is 7.01. The van der Waals surface area contributed by atoms with Gasteiger partial charge in [-0.05, 0) is 36.9 Å². The van der Waals surface area contributed by atoms with E-state index in [1.807, 2.05) is 0 Å². The number of hydrogen-bond donors (Lipinski definition) is 1. The summed E-state index contributed by atoms with van der Waals surface area (Å²) in [6, 6.07) is 2.62. The Morgan fingerprint density at radius 2 is 2.18 bits per heavy atom. The molecule has 1 heterocycles. The number of thiophene rings is 1. The van der Waals surface area contributed by atoms with Crippen molar-refractivity contribution in [2.75, 3.05) is 33.5 Å². The van der Waals surface area contributed by atoms with Gasteiger partial charge in [-0.15, -0.1) is 11.3 Å². The fourth-order valence-electron chi connectivity index (χ4n) is 1.82. The molecule has 0 radical (unpaired) electrons. The fraction of sp³-hybridized carbons (Fsp3) is 0.692. The van der Waals surface area contributed by atoms with Gasteiger partial charge in [0, 0.05) is 24.6 Å². The summed E-state index contributed by atoms with van der Waals surface area (Å²) in [5.74, 6) is 0. The molecule has 0 saturated carbocycles. The summed E-state index contributed by atoms with van der Waals surface area (Å²) in [7, 11) is 1.69. The number of nitrogens with one attached hydrogen (secondary N) is 1. The van der Waals surface area contributed by atoms with Crippen LogP contribution in [0.5, 0.6) is 0 Å². The first-order chi connectivity index (χ1) is 8.29. The van der Waals surface area contributed by atoms with Crippen LogP contribution in [-0.2, 0) is 9.47 Å². The van der Waals surface area contributed by atoms with Crippen LogP contribution in [0.2, 0.25) is 0 Å². The predicted molar refractivity (Wildman–Crippen MR) is 72.8 cm³/mol. The van der Waals surface area contributed by atoms with Crippen molar-refractivity contribution in [3.63, 3.8) is 0 Å². The molecule has 1 atom stereocenters. The van der Waals surface area contributed by atoms with Crippen LogP contribution in [0.1, 0.15) is 29.8 Å². The van der Waals surface area contributed by atoms with Gasteiger partial charge in [-0.3, -0.25) is 0 Å². The lowest BCUT2D eigenvalue weighted by Gasteiger charge is -2.18. The number of rotatable bonds is 9. The highest BCUT2D eigenvalue weighted by Crippen LogP contribution is 2.24. The summed E-state index contributed by atoms with van der Waals surface area (Å²) in [4.78, 5) is 1.40. The van der Waals surface area contributed by atoms with Gasteiger partial charge in [-0.1, -0.05) is 6.92 Å². The van der Waals surface area contributed by atoms with Crippen molar-refractivity contribution in [3.8, 4) is 0 Å². The normalized spacial score (nSPS) is 12.9. The number of aryl methyl sites for hydroxylation is 1. The maximum Gasteiger partial charge on any atom is 0.0700 e. The first-order valence-electron chi connectivity index (χ1n) is 6.13. The first kappa shape index (κ1) is 14.6. The molecule has 3 nitrogen and oxygen atoms in total. The van der Waals surface area contributed by atoms with Crippen molar-refractivity contribution >= 4 is 11.3 Å². The quantitative estimate of drug-likeness (QED) is 0.690. The standard InChI is InChI=1S/C13H23NO2S/c1-4-14-13(5-7-16-9-8-15-3)12-6-10-17-11(12)2/h6,10,13-14H,4-5,7-9H2,1-3H3. The average Bonchev–Trinajstić information content (AvgIpc) is 2.74. The van der Waals surface area contributed by atoms with E-state index in [2.05, 4.69) is 30.6 Å². The molecule has 17 heavy (non-hydrogen) atoms. The SMILES string of the molecule is CCNC(CCOCCOC)c1ccsc1C. The molecule has 1 N–H and O–H groups in total. The molecule has 0 aliphatic heterocycles. The molecule has 1 rings (SSSR count). The van der Waals surface area contributed by atoms with Gasteiger partial charge in [0.15, 0.2) is 0 Å². The van der Waals surface area contributed by atoms with Crippen molar-refractivity contribution in [2.45, 2.75) is 26.3 Å². The van der Waals surface area contributed by atoms with Gasteiger partial charge >= 0.3 is 0 Å². The monoisotopic (exact) mass is 257 g/mol. The molecule has 0 aromatic carbocycles. The summed E-state index contributed by atoms with van der Waals surface area (Å²) in [5.41, 5.74) is 1.41. The highest BCUT2D eigenvalue weighted by atomic mass is 32.1. The van der Waals surface area contributed by atoms with Crippen LogP contribution in [0.25, 0.3) is 0 Å². The second kappa shape index (κ2) is 8.64. The van der Waals surface area contributed by atoms with E-state index < -0.39 is 0 Å². The Kier molecular flexibility index (Phi) is 7.44. The van der Waals surface area contributed by atoms with E-state index >= 15 is 0 Å². The fourth-order valence-corrected chi connectivity index (χ4v) is 2.58. The van der Waals surface area contributed by atoms with E-state index in [9.17, 15) is 0 Å². The van der Waals surface area contributed by atoms with Crippen molar-refractivity contribution in [3.05, 3.63) is 21.9 Å². The Morgan fingerprint density at radius 1 is 1.35 bits per heavy atom. The Hall–Kier alpha value is -0.420. The van der Waals surface area contributed by atoms with Crippen molar-refractivity contribution in [2.24, 2.45) is 0 Å². The molecule has 0 spiro atoms. The Balaban J connectivity index is 2.36. The summed E-state index contributed by atoms with van der Waals surface area (Å²) in [6.45, 7) is 7.42. The Bertz CT molecular complexity index is 301. The number of ether oxygens (including phenoxy) is 2. The molecular formula is C13H23NO2S. The molecule has 0 bridgehead atoms. The van der Waals surface area contributed by atoms with E-state index in [4.69, 9.17) is 9.47 Å². The highest BCUT2D eigenvalue weighted by molar-refractivity contribution is 7.10. The lowest BCUT2D eigenvalue weighted by atomic mass is 10.1. The van der Waals surface area contributed by atoms with E-state index in [0.717, 1.165) is 19.6 Å². The van der Waals surface area contributed by atoms with E-state index in [1.165, 1.54) is 10.4 Å². The van der Waals surface area contributed by atoms with E-state index in [-0.39, 0.29) is 0 Å². The van der Waals surface area contributed by atoms with Gasteiger partial charge < -0.3 is 14.8 Å². The largest absolute Gasteiger partial charge is 0.382 e. The maximum absolute atomic E-state index is 5.53. The van der Waals surface area contributed by atoms with Gasteiger partial charge in [-0.25, -0.2) is 0 Å². The summed E-state index contributed by atoms with van der Waals surface area (Å²) < 4.78 is 10.5. The zero-order valence-electron chi connectivity index (χ0n) is 11.0. The lowest BCUT2D eigenvalue weighted by molar-refractivity contribution is 0.0658. The zero-order valence-corrected chi connectivity index (χ0v) is 11.8. The molecule has 4 heteroatoms. The minimum Gasteiger partial charge on any atom is -0.382 e. The lowest BCUT2D eigenvalue weighted by Crippen LogP contribution is -2.22. The van der Waals surface area contributed by atoms with Crippen molar-refractivity contribution in [1.82, 2.24) is 5.32 Å². The number of methoxy groups -OCH3 is 1. The van der Waals surface area contributed by atoms with E-state index in [1.54, 1.807) is 18.4 Å². The van der Waals surface area contributed by atoms with Crippen molar-refractivity contribution < 1.29 is 9.47 Å². The second-order valence-corrected chi connectivity index (χ2v) is 5.06. The summed E-state index contributed by atoms with van der Waals surface area (Å²) in [6.07, 6.45) is 1.01. The summed E-state index contributed by atoms with van der Waals surface area (Å²) >= 11 is 1.81. The number of hydrogen-bond acceptors (Lipinski definition) is 4. The predicted octanol–water partition coefficient (Wildman–Crippen LogP) is 2.76. The molecule has 1 unspecified atom stereocenters. The van der Waals surface area contributed by atoms with Crippen LogP contribution < -0.4 is 5.32 Å². The van der Waals surface area contributed by atoms with Crippen LogP contribution in [0, 0.1) is 6.92 Å². The van der Waals surface area contributed by atoms with Crippen LogP contribution >= 0.6 is 11.3 Å². The van der Waals surface area contributed by atoms with Gasteiger partial charge in [0.1, 0.15) is 0 Å². The zero-order chi connectivity index (χ0) is 12.5. The topological polar surface area (TPSA) is 30.5 Å². The molecule has 0 saturated heterocycles. The smallest absolute Gasteiger partial charge is 0.0700 e. The molecule has 1 aromatic heterocycles. The molecular weight excluding hydrogens is 234 g/mol. The van der Waals surface area contributed by atoms with Crippen LogP contribution in [-0.4, -0.2) is 33.5 Å². The van der Waals surface area contributed by atoms with Gasteiger partial charge in [0.2, 0.25) is 0 Å². The molecule has 0 fully saturated rings. The molecule has 1 aromatic rings. The average molecular weight is 257 g/mol. The van der Waals surface area contributed by atoms with Gasteiger partial charge in [-0.2, -0.15) is 0 Å². The van der Waals surface area contributed by atoms with Crippen LogP contribution in [0.15, 0.2) is 11.4 Å². The third kappa shape index (κ3) is 5.17. The highest BCUT2D eigenvalue weighted by Gasteiger charge is 2.13. The Morgan fingerprint density at radius 3 is 2.76 bits per heavy atom. The molecule has 0 aliphatic carbocycles. The molecule has 0 aliphatic rings. The summed E-state index contributed by atoms with van der Waals surface area (Å²) in [5, 5.41) is 5.67. The molecule has 0 amide bonds. The molecule has 98 valence electrons. The van der Waals surface area contributed by atoms with Gasteiger partial charge in [0.25, 0.3) is 0 Å². The van der Waals surface area contributed by atoms with E-state index in [0.29, 0.717) is 19.3 Å². The third-order valence-electron chi connectivity index (χ3n) is 2.71. The van der Waals surface area contributed by atoms with Crippen LogP contribution in [0.4, 0.5) is 0 Å². The second-order valence-electron chi connectivity index (χ2n) is 3.94. The van der Waals surface area contributed by atoms with Crippen LogP contribution in [0.3, 0.4) is 0 Å². The van der Waals surface area contributed by atoms with Gasteiger partial charge in [0.05, 0.1) is 13.2 Å². The maximum atomic E-state index is 5.53. The van der Waals surface area contributed by atoms with Crippen molar-refractivity contribution in [1.29, 1.82) is 0 Å². The Labute approximate surface area is 108 Å².